The molecule has 0 aliphatic heterocycles. The first kappa shape index (κ1) is 14.9. The summed E-state index contributed by atoms with van der Waals surface area (Å²) in [6.07, 6.45) is 0. The van der Waals surface area contributed by atoms with E-state index in [9.17, 15) is 29.9 Å². The largest absolute Gasteiger partial charge is 0.326 e. The number of carbonyl (C=O) groups excluding carboxylic acids is 1. The van der Waals surface area contributed by atoms with Gasteiger partial charge in [0.2, 0.25) is 11.6 Å². The van der Waals surface area contributed by atoms with Crippen LogP contribution in [-0.4, -0.2) is 22.8 Å². The highest BCUT2D eigenvalue weighted by atomic mass is 16.6. The highest BCUT2D eigenvalue weighted by Gasteiger charge is 2.30. The van der Waals surface area contributed by atoms with Crippen molar-refractivity contribution < 1.29 is 14.6 Å². The van der Waals surface area contributed by atoms with Crippen molar-refractivity contribution >= 4 is 28.7 Å². The lowest BCUT2D eigenvalue weighted by Gasteiger charge is -2.11. The number of benzene rings is 1. The van der Waals surface area contributed by atoms with Crippen molar-refractivity contribution in [2.75, 3.05) is 17.4 Å². The number of nitrogens with one attached hydrogen (secondary N) is 1. The van der Waals surface area contributed by atoms with Gasteiger partial charge in [-0.2, -0.15) is 0 Å². The molecule has 0 unspecified atom stereocenters. The van der Waals surface area contributed by atoms with Gasteiger partial charge in [-0.05, 0) is 0 Å². The SMILES string of the molecule is CC(=O)Nc1cc([N+](=O)[O-])c(N(C)N=O)c([N+](=O)[O-])c1. The predicted molar refractivity (Wildman–Crippen MR) is 68.3 cm³/mol. The van der Waals surface area contributed by atoms with Crippen LogP contribution in [-0.2, 0) is 4.79 Å². The van der Waals surface area contributed by atoms with Crippen molar-refractivity contribution in [3.63, 3.8) is 0 Å². The zero-order valence-electron chi connectivity index (χ0n) is 10.4. The number of nitro groups is 2. The fraction of sp³-hybridized carbons (Fsp3) is 0.222. The predicted octanol–water partition coefficient (Wildman–Crippen LogP) is 1.58. The van der Waals surface area contributed by atoms with E-state index in [1.165, 1.54) is 0 Å². The smallest absolute Gasteiger partial charge is 0.303 e. The average molecular weight is 283 g/mol. The summed E-state index contributed by atoms with van der Waals surface area (Å²) >= 11 is 0. The molecule has 0 fully saturated rings. The van der Waals surface area contributed by atoms with Gasteiger partial charge in [0, 0.05) is 26.1 Å². The fourth-order valence-corrected chi connectivity index (χ4v) is 1.53. The van der Waals surface area contributed by atoms with E-state index in [4.69, 9.17) is 0 Å². The van der Waals surface area contributed by atoms with Gasteiger partial charge in [-0.25, -0.2) is 5.01 Å². The molecular weight excluding hydrogens is 274 g/mol. The molecule has 0 atom stereocenters. The van der Waals surface area contributed by atoms with E-state index in [-0.39, 0.29) is 5.69 Å². The normalized spacial score (nSPS) is 9.70. The first-order valence-corrected chi connectivity index (χ1v) is 5.09. The van der Waals surface area contributed by atoms with Crippen LogP contribution >= 0.6 is 0 Å². The van der Waals surface area contributed by atoms with Crippen molar-refractivity contribution in [2.45, 2.75) is 6.92 Å². The minimum atomic E-state index is -0.907. The molecule has 1 aromatic rings. The van der Waals surface area contributed by atoms with E-state index < -0.39 is 32.8 Å². The number of hydrogen-bond acceptors (Lipinski definition) is 7. The highest BCUT2D eigenvalue weighted by Crippen LogP contribution is 2.39. The van der Waals surface area contributed by atoms with E-state index in [2.05, 4.69) is 10.6 Å². The Morgan fingerprint density at radius 3 is 2.00 bits per heavy atom. The van der Waals surface area contributed by atoms with Gasteiger partial charge >= 0.3 is 11.4 Å². The molecule has 11 heteroatoms. The second kappa shape index (κ2) is 5.69. The molecule has 0 radical (unpaired) electrons. The van der Waals surface area contributed by atoms with Gasteiger partial charge < -0.3 is 5.32 Å². The van der Waals surface area contributed by atoms with Crippen molar-refractivity contribution in [1.29, 1.82) is 0 Å². The Balaban J connectivity index is 3.62. The summed E-state index contributed by atoms with van der Waals surface area (Å²) in [4.78, 5) is 41.5. The highest BCUT2D eigenvalue weighted by molar-refractivity contribution is 5.91. The number of rotatable bonds is 5. The van der Waals surface area contributed by atoms with Crippen LogP contribution in [0, 0.1) is 25.1 Å². The van der Waals surface area contributed by atoms with Crippen LogP contribution in [0.3, 0.4) is 0 Å². The van der Waals surface area contributed by atoms with Gasteiger partial charge in [-0.15, -0.1) is 4.91 Å². The second-order valence-electron chi connectivity index (χ2n) is 3.66. The number of anilines is 2. The summed E-state index contributed by atoms with van der Waals surface area (Å²) in [6, 6.07) is 1.82. The minimum absolute atomic E-state index is 0.126. The number of amides is 1. The Kier molecular flexibility index (Phi) is 4.25. The quantitative estimate of drug-likeness (QED) is 0.489. The summed E-state index contributed by atoms with van der Waals surface area (Å²) in [6.45, 7) is 1.14. The van der Waals surface area contributed by atoms with Gasteiger partial charge in [0.05, 0.1) is 20.8 Å². The maximum atomic E-state index is 11.0. The molecule has 0 aliphatic rings. The Morgan fingerprint density at radius 2 is 1.70 bits per heavy atom. The van der Waals surface area contributed by atoms with Crippen molar-refractivity contribution in [1.82, 2.24) is 0 Å². The molecule has 1 rings (SSSR count). The van der Waals surface area contributed by atoms with Crippen LogP contribution in [0.4, 0.5) is 22.7 Å². The molecule has 0 heterocycles. The van der Waals surface area contributed by atoms with E-state index >= 15 is 0 Å². The van der Waals surface area contributed by atoms with Crippen molar-refractivity contribution in [3.8, 4) is 0 Å². The molecule has 1 aromatic carbocycles. The maximum Gasteiger partial charge on any atom is 0.303 e. The first-order chi connectivity index (χ1) is 9.27. The van der Waals surface area contributed by atoms with E-state index in [0.717, 1.165) is 26.1 Å². The molecule has 1 amide bonds. The molecule has 0 saturated heterocycles. The molecule has 106 valence electrons. The molecule has 0 saturated carbocycles. The zero-order chi connectivity index (χ0) is 15.4. The van der Waals surface area contributed by atoms with Crippen LogP contribution in [0.15, 0.2) is 17.4 Å². The van der Waals surface area contributed by atoms with Crippen molar-refractivity contribution in [3.05, 3.63) is 37.3 Å². The molecular formula is C9H9N5O6. The molecule has 0 aliphatic carbocycles. The Bertz CT molecular complexity index is 565. The van der Waals surface area contributed by atoms with E-state index in [1.807, 2.05) is 0 Å². The Morgan fingerprint density at radius 1 is 1.25 bits per heavy atom. The van der Waals surface area contributed by atoms with Gasteiger partial charge in [0.15, 0.2) is 0 Å². The van der Waals surface area contributed by atoms with Gasteiger partial charge in [-0.1, -0.05) is 0 Å². The van der Waals surface area contributed by atoms with Gasteiger partial charge in [0.1, 0.15) is 0 Å². The summed E-state index contributed by atoms with van der Waals surface area (Å²) in [5.74, 6) is -0.553. The minimum Gasteiger partial charge on any atom is -0.326 e. The lowest BCUT2D eigenvalue weighted by Crippen LogP contribution is -2.13. The van der Waals surface area contributed by atoms with Crippen LogP contribution < -0.4 is 10.3 Å². The molecule has 20 heavy (non-hydrogen) atoms. The van der Waals surface area contributed by atoms with Crippen LogP contribution in [0.5, 0.6) is 0 Å². The number of nitrogens with zero attached hydrogens (tertiary/aromatic N) is 4. The maximum absolute atomic E-state index is 11.0. The van der Waals surface area contributed by atoms with Gasteiger partial charge in [-0.3, -0.25) is 25.0 Å². The summed E-state index contributed by atoms with van der Waals surface area (Å²) in [7, 11) is 1.04. The third-order valence-corrected chi connectivity index (χ3v) is 2.23. The standard InChI is InChI=1S/C9H9N5O6/c1-5(15)10-6-3-7(13(17)18)9(12(2)11-16)8(4-6)14(19)20/h3-4H,1-2H3,(H,10,15). The van der Waals surface area contributed by atoms with Crippen LogP contribution in [0.25, 0.3) is 0 Å². The summed E-state index contributed by atoms with van der Waals surface area (Å²) < 4.78 is 0. The molecule has 0 bridgehead atoms. The Labute approximate surface area is 111 Å². The van der Waals surface area contributed by atoms with Crippen LogP contribution in [0.2, 0.25) is 0 Å². The zero-order valence-corrected chi connectivity index (χ0v) is 10.4. The molecule has 11 nitrogen and oxygen atoms in total. The van der Waals surface area contributed by atoms with Crippen molar-refractivity contribution in [2.24, 2.45) is 5.29 Å². The fourth-order valence-electron chi connectivity index (χ4n) is 1.53. The first-order valence-electron chi connectivity index (χ1n) is 5.09. The average Bonchev–Trinajstić information content (AvgIpc) is 2.35. The summed E-state index contributed by atoms with van der Waals surface area (Å²) in [5, 5.41) is 27.0. The molecule has 1 N–H and O–H groups in total. The lowest BCUT2D eigenvalue weighted by atomic mass is 10.2. The monoisotopic (exact) mass is 283 g/mol. The van der Waals surface area contributed by atoms with Crippen LogP contribution in [0.1, 0.15) is 6.92 Å². The summed E-state index contributed by atoms with van der Waals surface area (Å²) in [5.41, 5.74) is -2.13. The van der Waals surface area contributed by atoms with Gasteiger partial charge in [0.25, 0.3) is 0 Å². The van der Waals surface area contributed by atoms with E-state index in [0.29, 0.717) is 5.01 Å². The molecule has 0 aromatic heterocycles. The Hall–Kier alpha value is -3.11. The molecule has 0 spiro atoms. The number of nitro benzene ring substituents is 2. The third-order valence-electron chi connectivity index (χ3n) is 2.23. The number of nitroso groups, excluding NO2 is 1. The topological polar surface area (TPSA) is 148 Å². The lowest BCUT2D eigenvalue weighted by molar-refractivity contribution is -0.392. The van der Waals surface area contributed by atoms with E-state index in [1.54, 1.807) is 0 Å². The third kappa shape index (κ3) is 3.01. The number of hydrogen-bond donors (Lipinski definition) is 1. The number of carbonyl (C=O) groups is 1. The second-order valence-corrected chi connectivity index (χ2v) is 3.66.